The van der Waals surface area contributed by atoms with Crippen LogP contribution in [-0.2, 0) is 11.2 Å². The van der Waals surface area contributed by atoms with E-state index in [1.54, 1.807) is 14.0 Å². The highest BCUT2D eigenvalue weighted by atomic mass is 16.5. The van der Waals surface area contributed by atoms with Gasteiger partial charge in [-0.05, 0) is 42.2 Å². The van der Waals surface area contributed by atoms with Crippen molar-refractivity contribution in [2.45, 2.75) is 38.7 Å². The highest BCUT2D eigenvalue weighted by Crippen LogP contribution is 2.28. The first-order valence-electron chi connectivity index (χ1n) is 8.00. The average molecular weight is 328 g/mol. The highest BCUT2D eigenvalue weighted by molar-refractivity contribution is 5.78. The molecule has 0 unspecified atom stereocenters. The fourth-order valence-electron chi connectivity index (χ4n) is 2.55. The molecular formula is C20H24O4. The number of carbonyl (C=O) groups is 1. The molecule has 0 aliphatic rings. The SMILES string of the molecule is COc1ccccc1C[C@@](C)(Oc1ccc(C(C)C)cc1)C(=O)O. The van der Waals surface area contributed by atoms with Crippen LogP contribution in [0.25, 0.3) is 0 Å². The van der Waals surface area contributed by atoms with Crippen LogP contribution in [0.1, 0.15) is 37.8 Å². The summed E-state index contributed by atoms with van der Waals surface area (Å²) in [5, 5.41) is 9.70. The predicted octanol–water partition coefficient (Wildman–Crippen LogP) is 4.28. The molecule has 0 saturated heterocycles. The van der Waals surface area contributed by atoms with E-state index in [0.29, 0.717) is 17.4 Å². The molecule has 0 spiro atoms. The van der Waals surface area contributed by atoms with Gasteiger partial charge in [-0.2, -0.15) is 0 Å². The summed E-state index contributed by atoms with van der Waals surface area (Å²) in [5.41, 5.74) is 0.598. The quantitative estimate of drug-likeness (QED) is 0.824. The zero-order valence-electron chi connectivity index (χ0n) is 14.6. The van der Waals surface area contributed by atoms with E-state index in [4.69, 9.17) is 9.47 Å². The molecule has 0 aliphatic carbocycles. The Balaban J connectivity index is 2.25. The fraction of sp³-hybridized carbons (Fsp3) is 0.350. The van der Waals surface area contributed by atoms with Gasteiger partial charge in [-0.3, -0.25) is 0 Å². The molecule has 24 heavy (non-hydrogen) atoms. The van der Waals surface area contributed by atoms with E-state index in [1.807, 2.05) is 48.5 Å². The number of aliphatic carboxylic acids is 1. The topological polar surface area (TPSA) is 55.8 Å². The smallest absolute Gasteiger partial charge is 0.348 e. The van der Waals surface area contributed by atoms with E-state index in [1.165, 1.54) is 5.56 Å². The highest BCUT2D eigenvalue weighted by Gasteiger charge is 2.36. The lowest BCUT2D eigenvalue weighted by Gasteiger charge is -2.27. The molecule has 1 N–H and O–H groups in total. The van der Waals surface area contributed by atoms with Crippen molar-refractivity contribution in [1.82, 2.24) is 0 Å². The number of rotatable bonds is 7. The molecule has 0 saturated carbocycles. The number of hydrogen-bond donors (Lipinski definition) is 1. The van der Waals surface area contributed by atoms with Gasteiger partial charge in [0.25, 0.3) is 0 Å². The number of carboxylic acids is 1. The standard InChI is InChI=1S/C20H24O4/c1-14(2)15-9-11-17(12-10-15)24-20(3,19(21)22)13-16-7-5-6-8-18(16)23-4/h5-12,14H,13H2,1-4H3,(H,21,22)/t20-/m1/s1. The Morgan fingerprint density at radius 2 is 1.75 bits per heavy atom. The zero-order chi connectivity index (χ0) is 17.7. The summed E-state index contributed by atoms with van der Waals surface area (Å²) in [6.45, 7) is 5.80. The van der Waals surface area contributed by atoms with E-state index in [2.05, 4.69) is 13.8 Å². The van der Waals surface area contributed by atoms with Crippen molar-refractivity contribution in [3.63, 3.8) is 0 Å². The van der Waals surface area contributed by atoms with Crippen molar-refractivity contribution < 1.29 is 19.4 Å². The lowest BCUT2D eigenvalue weighted by atomic mass is 9.95. The Hall–Kier alpha value is -2.49. The maximum Gasteiger partial charge on any atom is 0.348 e. The van der Waals surface area contributed by atoms with Crippen molar-refractivity contribution in [2.75, 3.05) is 7.11 Å². The lowest BCUT2D eigenvalue weighted by molar-refractivity contribution is -0.153. The molecule has 0 fully saturated rings. The van der Waals surface area contributed by atoms with E-state index in [-0.39, 0.29) is 6.42 Å². The summed E-state index contributed by atoms with van der Waals surface area (Å²) in [6, 6.07) is 14.9. The molecule has 2 rings (SSSR count). The van der Waals surface area contributed by atoms with Crippen LogP contribution in [0.4, 0.5) is 0 Å². The predicted molar refractivity (Wildman–Crippen MR) is 93.9 cm³/mol. The van der Waals surface area contributed by atoms with Crippen LogP contribution >= 0.6 is 0 Å². The first-order valence-corrected chi connectivity index (χ1v) is 8.00. The second kappa shape index (κ2) is 7.39. The van der Waals surface area contributed by atoms with Crippen LogP contribution in [0.3, 0.4) is 0 Å². The molecule has 0 amide bonds. The zero-order valence-corrected chi connectivity index (χ0v) is 14.6. The first-order chi connectivity index (χ1) is 11.4. The monoisotopic (exact) mass is 328 g/mol. The van der Waals surface area contributed by atoms with E-state index in [9.17, 15) is 9.90 Å². The molecule has 0 radical (unpaired) electrons. The molecule has 1 atom stereocenters. The van der Waals surface area contributed by atoms with Gasteiger partial charge >= 0.3 is 5.97 Å². The third kappa shape index (κ3) is 4.07. The summed E-state index contributed by atoms with van der Waals surface area (Å²) >= 11 is 0. The molecule has 2 aromatic carbocycles. The van der Waals surface area contributed by atoms with Crippen LogP contribution in [0.2, 0.25) is 0 Å². The molecule has 0 aliphatic heterocycles. The molecule has 4 heteroatoms. The van der Waals surface area contributed by atoms with Crippen molar-refractivity contribution in [2.24, 2.45) is 0 Å². The molecule has 4 nitrogen and oxygen atoms in total. The molecule has 0 heterocycles. The third-order valence-corrected chi connectivity index (χ3v) is 4.06. The van der Waals surface area contributed by atoms with Crippen LogP contribution in [0.15, 0.2) is 48.5 Å². The summed E-state index contributed by atoms with van der Waals surface area (Å²) in [4.78, 5) is 11.8. The van der Waals surface area contributed by atoms with Gasteiger partial charge in [0.1, 0.15) is 11.5 Å². The number of hydrogen-bond acceptors (Lipinski definition) is 3. The number of benzene rings is 2. The second-order valence-corrected chi connectivity index (χ2v) is 6.35. The third-order valence-electron chi connectivity index (χ3n) is 4.06. The summed E-state index contributed by atoms with van der Waals surface area (Å²) in [6.07, 6.45) is 0.207. The van der Waals surface area contributed by atoms with Gasteiger partial charge in [-0.25, -0.2) is 4.79 Å². The minimum absolute atomic E-state index is 0.207. The summed E-state index contributed by atoms with van der Waals surface area (Å²) in [7, 11) is 1.57. The van der Waals surface area contributed by atoms with Crippen LogP contribution in [0, 0.1) is 0 Å². The number of carboxylic acid groups (broad SMARTS) is 1. The average Bonchev–Trinajstić information content (AvgIpc) is 2.55. The number of para-hydroxylation sites is 1. The Labute approximate surface area is 143 Å². The molecule has 0 aromatic heterocycles. The van der Waals surface area contributed by atoms with Gasteiger partial charge in [0, 0.05) is 6.42 Å². The van der Waals surface area contributed by atoms with Gasteiger partial charge in [0.2, 0.25) is 5.60 Å². The summed E-state index contributed by atoms with van der Waals surface area (Å²) in [5.74, 6) is 0.600. The van der Waals surface area contributed by atoms with E-state index < -0.39 is 11.6 Å². The van der Waals surface area contributed by atoms with Gasteiger partial charge in [0.05, 0.1) is 7.11 Å². The molecular weight excluding hydrogens is 304 g/mol. The van der Waals surface area contributed by atoms with Gasteiger partial charge in [-0.1, -0.05) is 44.2 Å². The maximum atomic E-state index is 11.8. The van der Waals surface area contributed by atoms with Crippen molar-refractivity contribution >= 4 is 5.97 Å². The van der Waals surface area contributed by atoms with Crippen LogP contribution in [-0.4, -0.2) is 23.8 Å². The molecule has 128 valence electrons. The second-order valence-electron chi connectivity index (χ2n) is 6.35. The Morgan fingerprint density at radius 3 is 2.29 bits per heavy atom. The number of methoxy groups -OCH3 is 1. The normalized spacial score (nSPS) is 13.4. The minimum Gasteiger partial charge on any atom is -0.496 e. The molecule has 2 aromatic rings. The number of ether oxygens (including phenoxy) is 2. The first kappa shape index (κ1) is 17.9. The largest absolute Gasteiger partial charge is 0.496 e. The Kier molecular flexibility index (Phi) is 5.50. The molecule has 0 bridgehead atoms. The minimum atomic E-state index is -1.38. The Morgan fingerprint density at radius 1 is 1.12 bits per heavy atom. The lowest BCUT2D eigenvalue weighted by Crippen LogP contribution is -2.43. The summed E-state index contributed by atoms with van der Waals surface area (Å²) < 4.78 is 11.2. The maximum absolute atomic E-state index is 11.8. The fourth-order valence-corrected chi connectivity index (χ4v) is 2.55. The van der Waals surface area contributed by atoms with Gasteiger partial charge in [-0.15, -0.1) is 0 Å². The Bertz CT molecular complexity index is 691. The van der Waals surface area contributed by atoms with Crippen molar-refractivity contribution in [1.29, 1.82) is 0 Å². The van der Waals surface area contributed by atoms with E-state index in [0.717, 1.165) is 5.56 Å². The van der Waals surface area contributed by atoms with Gasteiger partial charge < -0.3 is 14.6 Å². The van der Waals surface area contributed by atoms with Crippen LogP contribution < -0.4 is 9.47 Å². The van der Waals surface area contributed by atoms with Crippen LogP contribution in [0.5, 0.6) is 11.5 Å². The van der Waals surface area contributed by atoms with Crippen molar-refractivity contribution in [3.05, 3.63) is 59.7 Å². The van der Waals surface area contributed by atoms with Gasteiger partial charge in [0.15, 0.2) is 0 Å². The van der Waals surface area contributed by atoms with E-state index >= 15 is 0 Å². The van der Waals surface area contributed by atoms with Crippen molar-refractivity contribution in [3.8, 4) is 11.5 Å².